The molecular weight excluding hydrogens is 442 g/mol. The van der Waals surface area contributed by atoms with Crippen molar-refractivity contribution in [1.29, 1.82) is 0 Å². The normalized spacial score (nSPS) is 15.7. The summed E-state index contributed by atoms with van der Waals surface area (Å²) in [7, 11) is 0. The van der Waals surface area contributed by atoms with Gasteiger partial charge in [0.25, 0.3) is 0 Å². The number of carbonyl (C=O) groups is 1. The Morgan fingerprint density at radius 3 is 2.44 bits per heavy atom. The van der Waals surface area contributed by atoms with Crippen LogP contribution in [0.3, 0.4) is 0 Å². The van der Waals surface area contributed by atoms with Gasteiger partial charge >= 0.3 is 0 Å². The molecule has 1 atom stereocenters. The molecule has 0 spiro atoms. The highest BCUT2D eigenvalue weighted by Crippen LogP contribution is 2.25. The quantitative estimate of drug-likeness (QED) is 0.330. The molecule has 1 amide bonds. The van der Waals surface area contributed by atoms with Crippen molar-refractivity contribution in [3.05, 3.63) is 107 Å². The Balaban J connectivity index is 1.20. The Bertz CT molecular complexity index is 1300. The fourth-order valence-electron chi connectivity index (χ4n) is 5.46. The topological polar surface area (TPSA) is 37.3 Å². The van der Waals surface area contributed by atoms with E-state index in [-0.39, 0.29) is 11.8 Å². The first-order chi connectivity index (χ1) is 17.6. The molecule has 1 aliphatic heterocycles. The van der Waals surface area contributed by atoms with Gasteiger partial charge in [-0.2, -0.15) is 0 Å². The Morgan fingerprint density at radius 2 is 1.67 bits per heavy atom. The zero-order chi connectivity index (χ0) is 24.9. The number of aromatic nitrogens is 1. The molecule has 186 valence electrons. The number of hydrogen-bond acceptors (Lipinski definition) is 2. The highest BCUT2D eigenvalue weighted by atomic mass is 16.1. The molecule has 5 rings (SSSR count). The van der Waals surface area contributed by atoms with Crippen LogP contribution in [0, 0.1) is 12.8 Å². The summed E-state index contributed by atoms with van der Waals surface area (Å²) < 4.78 is 2.47. The lowest BCUT2D eigenvalue weighted by Crippen LogP contribution is -2.41. The molecular formula is C32H37N3O. The number of para-hydroxylation sites is 1. The smallest absolute Gasteiger partial charge is 0.223 e. The largest absolute Gasteiger partial charge is 0.355 e. The lowest BCUT2D eigenvalue weighted by Gasteiger charge is -2.31. The van der Waals surface area contributed by atoms with Crippen LogP contribution in [0.1, 0.15) is 48.1 Å². The van der Waals surface area contributed by atoms with E-state index in [9.17, 15) is 4.79 Å². The number of rotatable bonds is 8. The van der Waals surface area contributed by atoms with E-state index in [2.05, 4.69) is 107 Å². The van der Waals surface area contributed by atoms with Crippen LogP contribution < -0.4 is 5.32 Å². The number of nitrogens with zero attached hydrogens (tertiary/aromatic N) is 2. The lowest BCUT2D eigenvalue weighted by atomic mass is 9.95. The third kappa shape index (κ3) is 5.71. The number of likely N-dealkylation sites (tertiary alicyclic amines) is 1. The van der Waals surface area contributed by atoms with Crippen molar-refractivity contribution < 1.29 is 4.79 Å². The third-order valence-electron chi connectivity index (χ3n) is 7.61. The summed E-state index contributed by atoms with van der Waals surface area (Å²) in [4.78, 5) is 15.4. The molecule has 1 saturated heterocycles. The predicted molar refractivity (Wildman–Crippen MR) is 148 cm³/mol. The first-order valence-electron chi connectivity index (χ1n) is 13.2. The van der Waals surface area contributed by atoms with Crippen LogP contribution in [0.4, 0.5) is 0 Å². The molecule has 4 nitrogen and oxygen atoms in total. The van der Waals surface area contributed by atoms with Gasteiger partial charge in [-0.15, -0.1) is 0 Å². The van der Waals surface area contributed by atoms with Crippen molar-refractivity contribution in [1.82, 2.24) is 14.8 Å². The minimum atomic E-state index is 0.113. The van der Waals surface area contributed by atoms with Crippen LogP contribution in [0.2, 0.25) is 0 Å². The Hall–Kier alpha value is -3.37. The fourth-order valence-corrected chi connectivity index (χ4v) is 5.46. The van der Waals surface area contributed by atoms with Gasteiger partial charge in [0.2, 0.25) is 5.91 Å². The molecule has 0 aliphatic carbocycles. The number of benzene rings is 3. The van der Waals surface area contributed by atoms with Crippen molar-refractivity contribution in [3.8, 4) is 0 Å². The zero-order valence-electron chi connectivity index (χ0n) is 21.5. The van der Waals surface area contributed by atoms with E-state index in [0.29, 0.717) is 12.5 Å². The van der Waals surface area contributed by atoms with Crippen LogP contribution >= 0.6 is 0 Å². The number of aryl methyl sites for hydroxylation is 1. The van der Waals surface area contributed by atoms with Crippen LogP contribution in [0.25, 0.3) is 10.9 Å². The minimum Gasteiger partial charge on any atom is -0.355 e. The number of nitrogens with one attached hydrogen (secondary N) is 1. The van der Waals surface area contributed by atoms with Gasteiger partial charge in [-0.1, -0.05) is 85.3 Å². The Morgan fingerprint density at radius 1 is 0.917 bits per heavy atom. The number of hydrogen-bond donors (Lipinski definition) is 1. The highest BCUT2D eigenvalue weighted by Gasteiger charge is 2.26. The second-order valence-electron chi connectivity index (χ2n) is 10.4. The maximum absolute atomic E-state index is 12.9. The number of carbonyl (C=O) groups excluding carboxylic acids is 1. The van der Waals surface area contributed by atoms with E-state index in [4.69, 9.17) is 0 Å². The molecule has 4 aromatic rings. The maximum Gasteiger partial charge on any atom is 0.223 e. The molecule has 0 saturated carbocycles. The lowest BCUT2D eigenvalue weighted by molar-refractivity contribution is -0.126. The molecule has 2 heterocycles. The molecule has 1 N–H and O–H groups in total. The molecule has 36 heavy (non-hydrogen) atoms. The first-order valence-corrected chi connectivity index (χ1v) is 13.2. The second-order valence-corrected chi connectivity index (χ2v) is 10.4. The van der Waals surface area contributed by atoms with Gasteiger partial charge in [-0.3, -0.25) is 9.69 Å². The summed E-state index contributed by atoms with van der Waals surface area (Å²) in [5, 5.41) is 4.51. The molecule has 1 aliphatic rings. The highest BCUT2D eigenvalue weighted by molar-refractivity contribution is 5.81. The van der Waals surface area contributed by atoms with E-state index >= 15 is 0 Å². The number of piperidine rings is 1. The van der Waals surface area contributed by atoms with E-state index in [0.717, 1.165) is 39.0 Å². The Labute approximate surface area is 214 Å². The first kappa shape index (κ1) is 24.3. The summed E-state index contributed by atoms with van der Waals surface area (Å²) in [5.41, 5.74) is 6.53. The van der Waals surface area contributed by atoms with Gasteiger partial charge in [0.1, 0.15) is 0 Å². The third-order valence-corrected chi connectivity index (χ3v) is 7.61. The van der Waals surface area contributed by atoms with E-state index in [1.54, 1.807) is 0 Å². The zero-order valence-corrected chi connectivity index (χ0v) is 21.5. The van der Waals surface area contributed by atoms with E-state index in [1.807, 2.05) is 6.07 Å². The SMILES string of the molecule is Cc1cccc(Cn2c(CN3CCC(C(=O)NC[C@@H](C)c4ccccc4)CC3)cc3ccccc32)c1. The average molecular weight is 480 g/mol. The maximum atomic E-state index is 12.9. The van der Waals surface area contributed by atoms with Crippen molar-refractivity contribution >= 4 is 16.8 Å². The summed E-state index contributed by atoms with van der Waals surface area (Å²) in [6.45, 7) is 8.73. The van der Waals surface area contributed by atoms with E-state index in [1.165, 1.54) is 33.3 Å². The van der Waals surface area contributed by atoms with Crippen LogP contribution in [-0.2, 0) is 17.9 Å². The minimum absolute atomic E-state index is 0.113. The van der Waals surface area contributed by atoms with Gasteiger partial charge in [0, 0.05) is 36.8 Å². The van der Waals surface area contributed by atoms with Crippen molar-refractivity contribution in [2.75, 3.05) is 19.6 Å². The number of fused-ring (bicyclic) bond motifs is 1. The van der Waals surface area contributed by atoms with Crippen molar-refractivity contribution in [2.24, 2.45) is 5.92 Å². The summed E-state index contributed by atoms with van der Waals surface area (Å²) in [5.74, 6) is 0.652. The van der Waals surface area contributed by atoms with Gasteiger partial charge in [0.15, 0.2) is 0 Å². The van der Waals surface area contributed by atoms with Gasteiger partial charge in [0.05, 0.1) is 0 Å². The standard InChI is InChI=1S/C32H37N3O/c1-24-9-8-10-26(19-24)22-35-30(20-29-13-6-7-14-31(29)35)23-34-17-15-28(16-18-34)32(36)33-21-25(2)27-11-4-3-5-12-27/h3-14,19-20,25,28H,15-18,21-23H2,1-2H3,(H,33,36)/t25-/m1/s1. The number of amides is 1. The molecule has 3 aromatic carbocycles. The predicted octanol–water partition coefficient (Wildman–Crippen LogP) is 6.13. The van der Waals surface area contributed by atoms with Crippen molar-refractivity contribution in [2.45, 2.75) is 45.7 Å². The molecule has 0 radical (unpaired) electrons. The molecule has 1 aromatic heterocycles. The van der Waals surface area contributed by atoms with Crippen LogP contribution in [0.5, 0.6) is 0 Å². The molecule has 4 heteroatoms. The summed E-state index contributed by atoms with van der Waals surface area (Å²) in [6, 6.07) is 30.2. The molecule has 1 fully saturated rings. The second kappa shape index (κ2) is 11.1. The van der Waals surface area contributed by atoms with E-state index < -0.39 is 0 Å². The van der Waals surface area contributed by atoms with Crippen molar-refractivity contribution in [3.63, 3.8) is 0 Å². The van der Waals surface area contributed by atoms with Gasteiger partial charge in [-0.05, 0) is 67.4 Å². The monoisotopic (exact) mass is 479 g/mol. The van der Waals surface area contributed by atoms with Crippen LogP contribution in [-0.4, -0.2) is 35.0 Å². The molecule has 0 bridgehead atoms. The van der Waals surface area contributed by atoms with Gasteiger partial charge in [-0.25, -0.2) is 0 Å². The average Bonchev–Trinajstić information content (AvgIpc) is 3.24. The fraction of sp³-hybridized carbons (Fsp3) is 0.344. The van der Waals surface area contributed by atoms with Gasteiger partial charge < -0.3 is 9.88 Å². The van der Waals surface area contributed by atoms with Crippen LogP contribution in [0.15, 0.2) is 84.9 Å². The molecule has 0 unspecified atom stereocenters. The Kier molecular flexibility index (Phi) is 7.52. The summed E-state index contributed by atoms with van der Waals surface area (Å²) >= 11 is 0. The summed E-state index contributed by atoms with van der Waals surface area (Å²) in [6.07, 6.45) is 1.84.